The average molecular weight is 643 g/mol. The fourth-order valence-electron chi connectivity index (χ4n) is 7.54. The van der Waals surface area contributed by atoms with Crippen LogP contribution < -0.4 is 4.90 Å². The lowest BCUT2D eigenvalue weighted by atomic mass is 10.0. The minimum atomic E-state index is 1.11. The molecule has 0 spiro atoms. The van der Waals surface area contributed by atoms with Gasteiger partial charge in [-0.1, -0.05) is 127 Å². The Kier molecular flexibility index (Phi) is 6.39. The quantitative estimate of drug-likeness (QED) is 0.181. The van der Waals surface area contributed by atoms with Gasteiger partial charge in [0.05, 0.1) is 16.7 Å². The number of hydrogen-bond donors (Lipinski definition) is 0. The lowest BCUT2D eigenvalue weighted by molar-refractivity contribution is 1.18. The number of hydrogen-bond acceptors (Lipinski definition) is 2. The zero-order chi connectivity index (χ0) is 32.3. The number of benzene rings is 8. The van der Waals surface area contributed by atoms with Gasteiger partial charge in [0, 0.05) is 53.6 Å². The zero-order valence-corrected chi connectivity index (χ0v) is 27.4. The number of fused-ring (bicyclic) bond motifs is 8. The van der Waals surface area contributed by atoms with Gasteiger partial charge in [-0.3, -0.25) is 0 Å². The largest absolute Gasteiger partial charge is 0.310 e. The Balaban J connectivity index is 1.26. The number of nitrogens with zero attached hydrogens (tertiary/aromatic N) is 2. The van der Waals surface area contributed by atoms with Crippen molar-refractivity contribution in [3.63, 3.8) is 0 Å². The molecular formula is C46H30N2S. The van der Waals surface area contributed by atoms with Crippen LogP contribution in [0.15, 0.2) is 182 Å². The van der Waals surface area contributed by atoms with E-state index in [4.69, 9.17) is 0 Å². The average Bonchev–Trinajstić information content (AvgIpc) is 3.71. The second kappa shape index (κ2) is 11.2. The highest BCUT2D eigenvalue weighted by atomic mass is 32.1. The maximum Gasteiger partial charge on any atom is 0.0561 e. The van der Waals surface area contributed by atoms with Gasteiger partial charge in [0.25, 0.3) is 0 Å². The third kappa shape index (κ3) is 4.47. The Bertz CT molecular complexity index is 2830. The molecule has 0 atom stereocenters. The molecule has 0 aliphatic rings. The normalized spacial score (nSPS) is 11.7. The zero-order valence-electron chi connectivity index (χ0n) is 26.6. The molecule has 2 nitrogen and oxygen atoms in total. The van der Waals surface area contributed by atoms with Crippen LogP contribution in [0.2, 0.25) is 0 Å². The van der Waals surface area contributed by atoms with E-state index in [1.54, 1.807) is 0 Å². The SMILES string of the molecule is c1ccc(-c2ccccc2N(c2ccc3sc4c5ccccc5ccc4c3c2)c2ccc3c4ccccc4n(-c4ccccc4)c3c2)cc1. The van der Waals surface area contributed by atoms with E-state index in [2.05, 4.69) is 191 Å². The molecule has 0 radical (unpaired) electrons. The fourth-order valence-corrected chi connectivity index (χ4v) is 8.76. The van der Waals surface area contributed by atoms with Crippen LogP contribution in [0.4, 0.5) is 17.1 Å². The molecule has 8 aromatic carbocycles. The molecule has 2 heterocycles. The van der Waals surface area contributed by atoms with Gasteiger partial charge in [-0.05, 0) is 70.9 Å². The minimum absolute atomic E-state index is 1.11. The highest BCUT2D eigenvalue weighted by molar-refractivity contribution is 7.26. The predicted octanol–water partition coefficient (Wildman–Crippen LogP) is 13.4. The van der Waals surface area contributed by atoms with Crippen molar-refractivity contribution in [2.24, 2.45) is 0 Å². The summed E-state index contributed by atoms with van der Waals surface area (Å²) in [7, 11) is 0. The van der Waals surface area contributed by atoms with Crippen LogP contribution >= 0.6 is 11.3 Å². The van der Waals surface area contributed by atoms with Gasteiger partial charge >= 0.3 is 0 Å². The highest BCUT2D eigenvalue weighted by Crippen LogP contribution is 2.46. The molecule has 0 aliphatic heterocycles. The first kappa shape index (κ1) is 27.9. The molecule has 0 amide bonds. The molecule has 0 aliphatic carbocycles. The van der Waals surface area contributed by atoms with E-state index in [0.717, 1.165) is 22.7 Å². The number of para-hydroxylation sites is 3. The van der Waals surface area contributed by atoms with Crippen molar-refractivity contribution in [2.45, 2.75) is 0 Å². The molecule has 0 saturated heterocycles. The van der Waals surface area contributed by atoms with Gasteiger partial charge in [-0.2, -0.15) is 0 Å². The summed E-state index contributed by atoms with van der Waals surface area (Å²) in [6.07, 6.45) is 0. The minimum Gasteiger partial charge on any atom is -0.310 e. The summed E-state index contributed by atoms with van der Waals surface area (Å²) in [5, 5.41) is 7.67. The Morgan fingerprint density at radius 2 is 1.08 bits per heavy atom. The first-order valence-corrected chi connectivity index (χ1v) is 17.5. The van der Waals surface area contributed by atoms with Gasteiger partial charge in [-0.15, -0.1) is 11.3 Å². The van der Waals surface area contributed by atoms with Crippen LogP contribution in [0.1, 0.15) is 0 Å². The van der Waals surface area contributed by atoms with Crippen molar-refractivity contribution in [2.75, 3.05) is 4.90 Å². The Morgan fingerprint density at radius 1 is 0.429 bits per heavy atom. The Morgan fingerprint density at radius 3 is 1.96 bits per heavy atom. The monoisotopic (exact) mass is 642 g/mol. The molecule has 2 aromatic heterocycles. The molecule has 0 bridgehead atoms. The van der Waals surface area contributed by atoms with Crippen LogP contribution in [-0.2, 0) is 0 Å². The highest BCUT2D eigenvalue weighted by Gasteiger charge is 2.21. The van der Waals surface area contributed by atoms with Crippen molar-refractivity contribution in [3.05, 3.63) is 182 Å². The fraction of sp³-hybridized carbons (Fsp3) is 0. The Labute approximate surface area is 288 Å². The second-order valence-electron chi connectivity index (χ2n) is 12.6. The van der Waals surface area contributed by atoms with Crippen molar-refractivity contribution >= 4 is 81.1 Å². The van der Waals surface area contributed by atoms with Crippen molar-refractivity contribution in [1.29, 1.82) is 0 Å². The van der Waals surface area contributed by atoms with Gasteiger partial charge in [0.1, 0.15) is 0 Å². The van der Waals surface area contributed by atoms with E-state index < -0.39 is 0 Å². The third-order valence-corrected chi connectivity index (χ3v) is 11.0. The molecule has 0 N–H and O–H groups in total. The van der Waals surface area contributed by atoms with E-state index in [1.807, 2.05) is 11.3 Å². The summed E-state index contributed by atoms with van der Waals surface area (Å²) in [5.41, 5.74) is 9.30. The maximum atomic E-state index is 2.44. The molecule has 0 fully saturated rings. The lowest BCUT2D eigenvalue weighted by Crippen LogP contribution is -2.11. The Hall–Kier alpha value is -6.16. The molecule has 10 rings (SSSR count). The van der Waals surface area contributed by atoms with Crippen LogP contribution in [0.5, 0.6) is 0 Å². The van der Waals surface area contributed by atoms with Crippen molar-refractivity contribution in [3.8, 4) is 16.8 Å². The summed E-state index contributed by atoms with van der Waals surface area (Å²) < 4.78 is 5.04. The van der Waals surface area contributed by atoms with Gasteiger partial charge in [-0.25, -0.2) is 0 Å². The smallest absolute Gasteiger partial charge is 0.0561 e. The number of aromatic nitrogens is 1. The van der Waals surface area contributed by atoms with Gasteiger partial charge < -0.3 is 9.47 Å². The van der Waals surface area contributed by atoms with E-state index in [9.17, 15) is 0 Å². The molecular weight excluding hydrogens is 613 g/mol. The number of thiophene rings is 1. The molecule has 230 valence electrons. The lowest BCUT2D eigenvalue weighted by Gasteiger charge is -2.28. The third-order valence-electron chi connectivity index (χ3n) is 9.76. The van der Waals surface area contributed by atoms with Crippen LogP contribution in [0, 0.1) is 0 Å². The van der Waals surface area contributed by atoms with E-state index >= 15 is 0 Å². The maximum absolute atomic E-state index is 2.44. The van der Waals surface area contributed by atoms with Crippen LogP contribution in [0.3, 0.4) is 0 Å². The van der Waals surface area contributed by atoms with Gasteiger partial charge in [0.2, 0.25) is 0 Å². The number of rotatable bonds is 5. The molecule has 10 aromatic rings. The topological polar surface area (TPSA) is 8.17 Å². The summed E-state index contributed by atoms with van der Waals surface area (Å²) >= 11 is 1.89. The second-order valence-corrected chi connectivity index (χ2v) is 13.6. The molecule has 0 saturated carbocycles. The summed E-state index contributed by atoms with van der Waals surface area (Å²) in [5.74, 6) is 0. The molecule has 3 heteroatoms. The standard InChI is InChI=1S/C46H30N2S/c1-3-13-31(14-4-1)36-18-9-11-21-42(36)47(34-25-28-45-41(29-34)40-26-23-32-15-7-8-19-37(32)46(40)49-45)35-24-27-39-38-20-10-12-22-43(38)48(44(39)30-35)33-16-5-2-6-17-33/h1-30H. The first-order chi connectivity index (χ1) is 24.3. The number of anilines is 3. The molecule has 0 unspecified atom stereocenters. The van der Waals surface area contributed by atoms with E-state index in [0.29, 0.717) is 0 Å². The van der Waals surface area contributed by atoms with E-state index in [-0.39, 0.29) is 0 Å². The van der Waals surface area contributed by atoms with E-state index in [1.165, 1.54) is 63.9 Å². The van der Waals surface area contributed by atoms with Crippen molar-refractivity contribution in [1.82, 2.24) is 4.57 Å². The van der Waals surface area contributed by atoms with Gasteiger partial charge in [0.15, 0.2) is 0 Å². The first-order valence-electron chi connectivity index (χ1n) is 16.7. The van der Waals surface area contributed by atoms with Crippen molar-refractivity contribution < 1.29 is 0 Å². The molecule has 49 heavy (non-hydrogen) atoms. The summed E-state index contributed by atoms with van der Waals surface area (Å²) in [4.78, 5) is 2.44. The summed E-state index contributed by atoms with van der Waals surface area (Å²) in [6, 6.07) is 66.2. The summed E-state index contributed by atoms with van der Waals surface area (Å²) in [6.45, 7) is 0. The van der Waals surface area contributed by atoms with Crippen LogP contribution in [0.25, 0.3) is 69.6 Å². The van der Waals surface area contributed by atoms with Crippen LogP contribution in [-0.4, -0.2) is 4.57 Å². The predicted molar refractivity (Wildman–Crippen MR) is 211 cm³/mol.